The van der Waals surface area contributed by atoms with Crippen molar-refractivity contribution in [2.75, 3.05) is 36.4 Å². The number of amides is 1. The van der Waals surface area contributed by atoms with Gasteiger partial charge in [-0.3, -0.25) is 0 Å². The first-order valence-corrected chi connectivity index (χ1v) is 14.1. The van der Waals surface area contributed by atoms with Crippen molar-refractivity contribution in [3.8, 4) is 11.8 Å². The Labute approximate surface area is 247 Å². The summed E-state index contributed by atoms with van der Waals surface area (Å²) < 4.78 is 17.7. The highest BCUT2D eigenvalue weighted by atomic mass is 16.6. The van der Waals surface area contributed by atoms with Crippen LogP contribution in [0.25, 0.3) is 0 Å². The van der Waals surface area contributed by atoms with Gasteiger partial charge in [-0.2, -0.15) is 4.98 Å². The first kappa shape index (κ1) is 28.7. The highest BCUT2D eigenvalue weighted by Crippen LogP contribution is 2.30. The summed E-state index contributed by atoms with van der Waals surface area (Å²) in [6.07, 6.45) is 1.49. The fourth-order valence-corrected chi connectivity index (χ4v) is 4.44. The Morgan fingerprint density at radius 2 is 1.48 bits per heavy atom. The second kappa shape index (κ2) is 13.2. The molecule has 1 saturated heterocycles. The number of anilines is 3. The lowest BCUT2D eigenvalue weighted by Gasteiger charge is -2.36. The molecule has 0 spiro atoms. The Bertz CT molecular complexity index is 1450. The number of nitrogens with one attached hydrogen (secondary N) is 1. The molecule has 5 rings (SSSR count). The number of aromatic nitrogens is 2. The number of ether oxygens (including phenoxy) is 3. The zero-order valence-electron chi connectivity index (χ0n) is 24.3. The van der Waals surface area contributed by atoms with Gasteiger partial charge in [-0.15, -0.1) is 0 Å². The third kappa shape index (κ3) is 8.13. The summed E-state index contributed by atoms with van der Waals surface area (Å²) >= 11 is 0. The Kier molecular flexibility index (Phi) is 9.06. The Hall–Kier alpha value is -4.79. The molecule has 0 unspecified atom stereocenters. The molecule has 9 nitrogen and oxygen atoms in total. The molecular formula is C33H37N5O4. The minimum Gasteiger partial charge on any atom is -0.473 e. The molecule has 0 radical (unpaired) electrons. The fraction of sp³-hybridized carbons (Fsp3) is 0.303. The number of carbonyl (C=O) groups is 1. The van der Waals surface area contributed by atoms with E-state index in [-0.39, 0.29) is 6.09 Å². The van der Waals surface area contributed by atoms with E-state index in [4.69, 9.17) is 14.2 Å². The topological polar surface area (TPSA) is 89.1 Å². The highest BCUT2D eigenvalue weighted by Gasteiger charge is 2.26. The van der Waals surface area contributed by atoms with Gasteiger partial charge in [-0.05, 0) is 44.0 Å². The minimum atomic E-state index is -0.513. The molecule has 3 heterocycles. The van der Waals surface area contributed by atoms with Crippen molar-refractivity contribution in [1.29, 1.82) is 0 Å². The number of hydrogen-bond acceptors (Lipinski definition) is 8. The number of nitrogens with zero attached hydrogens (tertiary/aromatic N) is 4. The van der Waals surface area contributed by atoms with Crippen LogP contribution in [0.3, 0.4) is 0 Å². The quantitative estimate of drug-likeness (QED) is 0.247. The summed E-state index contributed by atoms with van der Waals surface area (Å²) in [6.45, 7) is 8.88. The Balaban J connectivity index is 1.27. The maximum Gasteiger partial charge on any atom is 0.410 e. The summed E-state index contributed by atoms with van der Waals surface area (Å²) in [4.78, 5) is 25.6. The summed E-state index contributed by atoms with van der Waals surface area (Å²) in [5, 5.41) is 3.45. The van der Waals surface area contributed by atoms with Crippen LogP contribution in [-0.2, 0) is 18.0 Å². The SMILES string of the molecule is CC(C)(C)OC(=O)N1CCN(c2cc(Nc3ccc(OCc4ccccc4)nc3OCc3ccccc3)ccn2)CC1. The monoisotopic (exact) mass is 567 g/mol. The van der Waals surface area contributed by atoms with Crippen LogP contribution in [0, 0.1) is 0 Å². The lowest BCUT2D eigenvalue weighted by atomic mass is 10.2. The van der Waals surface area contributed by atoms with Gasteiger partial charge in [-0.1, -0.05) is 60.7 Å². The predicted octanol–water partition coefficient (Wildman–Crippen LogP) is 6.44. The van der Waals surface area contributed by atoms with Gasteiger partial charge in [0.05, 0.1) is 0 Å². The van der Waals surface area contributed by atoms with Gasteiger partial charge >= 0.3 is 6.09 Å². The molecule has 0 aliphatic carbocycles. The van der Waals surface area contributed by atoms with Crippen molar-refractivity contribution >= 4 is 23.3 Å². The maximum atomic E-state index is 12.5. The molecule has 2 aromatic carbocycles. The average molecular weight is 568 g/mol. The second-order valence-electron chi connectivity index (χ2n) is 11.0. The van der Waals surface area contributed by atoms with Gasteiger partial charge in [0.15, 0.2) is 0 Å². The first-order valence-electron chi connectivity index (χ1n) is 14.1. The van der Waals surface area contributed by atoms with Crippen LogP contribution in [0.2, 0.25) is 0 Å². The molecule has 0 saturated carbocycles. The molecule has 42 heavy (non-hydrogen) atoms. The van der Waals surface area contributed by atoms with Gasteiger partial charge in [0.25, 0.3) is 0 Å². The predicted molar refractivity (Wildman–Crippen MR) is 163 cm³/mol. The summed E-state index contributed by atoms with van der Waals surface area (Å²) in [5.74, 6) is 1.74. The zero-order valence-corrected chi connectivity index (χ0v) is 24.3. The summed E-state index contributed by atoms with van der Waals surface area (Å²) in [7, 11) is 0. The number of pyridine rings is 2. The molecule has 0 atom stereocenters. The van der Waals surface area contributed by atoms with Crippen LogP contribution in [0.15, 0.2) is 91.1 Å². The lowest BCUT2D eigenvalue weighted by molar-refractivity contribution is 0.0240. The van der Waals surface area contributed by atoms with Gasteiger partial charge in [0.2, 0.25) is 11.8 Å². The van der Waals surface area contributed by atoms with Crippen molar-refractivity contribution in [2.45, 2.75) is 39.6 Å². The molecule has 1 amide bonds. The molecular weight excluding hydrogens is 530 g/mol. The van der Waals surface area contributed by atoms with Crippen LogP contribution >= 0.6 is 0 Å². The maximum absolute atomic E-state index is 12.5. The fourth-order valence-electron chi connectivity index (χ4n) is 4.44. The van der Waals surface area contributed by atoms with E-state index in [1.165, 1.54) is 0 Å². The minimum absolute atomic E-state index is 0.280. The van der Waals surface area contributed by atoms with Crippen molar-refractivity contribution < 1.29 is 19.0 Å². The summed E-state index contributed by atoms with van der Waals surface area (Å²) in [6, 6.07) is 27.6. The zero-order chi connectivity index (χ0) is 29.4. The van der Waals surface area contributed by atoms with Crippen LogP contribution in [0.5, 0.6) is 11.8 Å². The molecule has 0 bridgehead atoms. The van der Waals surface area contributed by atoms with Crippen molar-refractivity contribution in [3.63, 3.8) is 0 Å². The van der Waals surface area contributed by atoms with E-state index in [1.807, 2.05) is 106 Å². The van der Waals surface area contributed by atoms with Crippen molar-refractivity contribution in [3.05, 3.63) is 102 Å². The molecule has 4 aromatic rings. The van der Waals surface area contributed by atoms with E-state index in [1.54, 1.807) is 11.1 Å². The van der Waals surface area contributed by atoms with Gasteiger partial charge < -0.3 is 29.3 Å². The van der Waals surface area contributed by atoms with Gasteiger partial charge in [0, 0.05) is 50.2 Å². The van der Waals surface area contributed by atoms with E-state index < -0.39 is 5.60 Å². The lowest BCUT2D eigenvalue weighted by Crippen LogP contribution is -2.50. The van der Waals surface area contributed by atoms with Crippen molar-refractivity contribution in [2.24, 2.45) is 0 Å². The number of hydrogen-bond donors (Lipinski definition) is 1. The third-order valence-electron chi connectivity index (χ3n) is 6.56. The Morgan fingerprint density at radius 3 is 2.12 bits per heavy atom. The van der Waals surface area contributed by atoms with Crippen molar-refractivity contribution in [1.82, 2.24) is 14.9 Å². The standard InChI is InChI=1S/C33H37N5O4/c1-33(2,3)42-32(39)38-20-18-37(19-21-38)29-22-27(16-17-34-29)35-28-14-15-30(40-23-25-10-6-4-7-11-25)36-31(28)41-24-26-12-8-5-9-13-26/h4-17,22H,18-21,23-24H2,1-3H3,(H,34,35). The average Bonchev–Trinajstić information content (AvgIpc) is 3.00. The van der Waals surface area contributed by atoms with Gasteiger partial charge in [-0.25, -0.2) is 9.78 Å². The van der Waals surface area contributed by atoms with Crippen LogP contribution in [-0.4, -0.2) is 52.7 Å². The van der Waals surface area contributed by atoms with E-state index in [0.717, 1.165) is 22.6 Å². The van der Waals surface area contributed by atoms with E-state index >= 15 is 0 Å². The number of carbonyl (C=O) groups excluding carboxylic acids is 1. The highest BCUT2D eigenvalue weighted by molar-refractivity contribution is 5.69. The molecule has 2 aromatic heterocycles. The molecule has 1 aliphatic rings. The first-order chi connectivity index (χ1) is 20.3. The van der Waals surface area contributed by atoms with E-state index in [0.29, 0.717) is 56.8 Å². The normalized spacial score (nSPS) is 13.4. The van der Waals surface area contributed by atoms with Gasteiger partial charge in [0.1, 0.15) is 30.3 Å². The summed E-state index contributed by atoms with van der Waals surface area (Å²) in [5.41, 5.74) is 3.14. The number of piperazine rings is 1. The smallest absolute Gasteiger partial charge is 0.410 e. The van der Waals surface area contributed by atoms with E-state index in [9.17, 15) is 4.79 Å². The van der Waals surface area contributed by atoms with E-state index in [2.05, 4.69) is 20.2 Å². The van der Waals surface area contributed by atoms with Crippen LogP contribution < -0.4 is 19.7 Å². The third-order valence-corrected chi connectivity index (χ3v) is 6.56. The number of benzene rings is 2. The molecule has 1 aliphatic heterocycles. The molecule has 218 valence electrons. The number of rotatable bonds is 9. The molecule has 9 heteroatoms. The van der Waals surface area contributed by atoms with Crippen LogP contribution in [0.4, 0.5) is 22.0 Å². The molecule has 1 fully saturated rings. The second-order valence-corrected chi connectivity index (χ2v) is 11.0. The molecule has 1 N–H and O–H groups in total. The largest absolute Gasteiger partial charge is 0.473 e. The Morgan fingerprint density at radius 1 is 0.833 bits per heavy atom. The van der Waals surface area contributed by atoms with Crippen LogP contribution in [0.1, 0.15) is 31.9 Å².